The van der Waals surface area contributed by atoms with E-state index in [4.69, 9.17) is 4.74 Å². The Morgan fingerprint density at radius 2 is 1.96 bits per heavy atom. The number of halogens is 1. The summed E-state index contributed by atoms with van der Waals surface area (Å²) in [5.41, 5.74) is 2.89. The number of carboxylic acid groups (broad SMARTS) is 1. The van der Waals surface area contributed by atoms with Crippen LogP contribution >= 0.6 is 0 Å². The van der Waals surface area contributed by atoms with Gasteiger partial charge in [-0.3, -0.25) is 4.79 Å². The van der Waals surface area contributed by atoms with Gasteiger partial charge in [-0.05, 0) is 23.3 Å². The van der Waals surface area contributed by atoms with Crippen LogP contribution in [0.15, 0.2) is 53.6 Å². The molecule has 0 fully saturated rings. The van der Waals surface area contributed by atoms with Crippen LogP contribution in [0.4, 0.5) is 4.39 Å². The molecule has 2 rings (SSSR count). The van der Waals surface area contributed by atoms with Crippen molar-refractivity contribution in [3.05, 3.63) is 65.5 Å². The van der Waals surface area contributed by atoms with Gasteiger partial charge in [0.25, 0.3) is 5.91 Å². The highest BCUT2D eigenvalue weighted by atomic mass is 19.1. The van der Waals surface area contributed by atoms with Gasteiger partial charge in [0, 0.05) is 6.07 Å². The smallest absolute Gasteiger partial charge is 0.277 e. The molecule has 0 aliphatic rings. The SMILES string of the molecule is O=C(COc1cccc(F)c1)N/N=C\c1ccc(C(=O)[O-])cc1. The van der Waals surface area contributed by atoms with Crippen molar-refractivity contribution in [1.82, 2.24) is 5.43 Å². The molecule has 0 unspecified atom stereocenters. The first-order chi connectivity index (χ1) is 11.0. The van der Waals surface area contributed by atoms with E-state index >= 15 is 0 Å². The highest BCUT2D eigenvalue weighted by molar-refractivity contribution is 5.88. The van der Waals surface area contributed by atoms with Gasteiger partial charge in [0.05, 0.1) is 12.2 Å². The number of nitrogens with one attached hydrogen (secondary N) is 1. The van der Waals surface area contributed by atoms with Crippen LogP contribution in [0.1, 0.15) is 15.9 Å². The Morgan fingerprint density at radius 3 is 2.61 bits per heavy atom. The Labute approximate surface area is 131 Å². The lowest BCUT2D eigenvalue weighted by Crippen LogP contribution is -2.24. The van der Waals surface area contributed by atoms with Crippen LogP contribution in [-0.2, 0) is 4.79 Å². The number of aromatic carboxylic acids is 1. The van der Waals surface area contributed by atoms with Crippen molar-refractivity contribution in [2.45, 2.75) is 0 Å². The summed E-state index contributed by atoms with van der Waals surface area (Å²) < 4.78 is 18.0. The summed E-state index contributed by atoms with van der Waals surface area (Å²) in [5, 5.41) is 14.3. The Kier molecular flexibility index (Phi) is 5.40. The van der Waals surface area contributed by atoms with Crippen molar-refractivity contribution in [1.29, 1.82) is 0 Å². The lowest BCUT2D eigenvalue weighted by atomic mass is 10.1. The Balaban J connectivity index is 1.80. The van der Waals surface area contributed by atoms with E-state index in [1.807, 2.05) is 0 Å². The largest absolute Gasteiger partial charge is 0.545 e. The van der Waals surface area contributed by atoms with Gasteiger partial charge in [-0.15, -0.1) is 0 Å². The van der Waals surface area contributed by atoms with Gasteiger partial charge < -0.3 is 14.6 Å². The number of amides is 1. The molecule has 0 spiro atoms. The molecule has 1 amide bonds. The Morgan fingerprint density at radius 1 is 1.22 bits per heavy atom. The third-order valence-corrected chi connectivity index (χ3v) is 2.72. The van der Waals surface area contributed by atoms with Gasteiger partial charge in [-0.25, -0.2) is 9.82 Å². The van der Waals surface area contributed by atoms with Gasteiger partial charge in [-0.1, -0.05) is 30.3 Å². The second-order valence-corrected chi connectivity index (χ2v) is 4.45. The summed E-state index contributed by atoms with van der Waals surface area (Å²) in [6.45, 7) is -0.315. The van der Waals surface area contributed by atoms with E-state index in [1.165, 1.54) is 48.7 Å². The van der Waals surface area contributed by atoms with E-state index in [2.05, 4.69) is 10.5 Å². The molecule has 0 saturated carbocycles. The van der Waals surface area contributed by atoms with Crippen molar-refractivity contribution in [2.75, 3.05) is 6.61 Å². The van der Waals surface area contributed by atoms with E-state index < -0.39 is 17.7 Å². The fraction of sp³-hybridized carbons (Fsp3) is 0.0625. The minimum atomic E-state index is -1.27. The number of rotatable bonds is 6. The fourth-order valence-electron chi connectivity index (χ4n) is 1.62. The maximum absolute atomic E-state index is 12.9. The zero-order valence-corrected chi connectivity index (χ0v) is 11.9. The predicted octanol–water partition coefficient (Wildman–Crippen LogP) is 0.718. The molecular formula is C16H12FN2O4-. The summed E-state index contributed by atoms with van der Waals surface area (Å²) in [4.78, 5) is 22.1. The molecule has 0 aliphatic carbocycles. The number of hydrogen-bond donors (Lipinski definition) is 1. The lowest BCUT2D eigenvalue weighted by molar-refractivity contribution is -0.255. The van der Waals surface area contributed by atoms with Crippen molar-refractivity contribution < 1.29 is 23.8 Å². The average Bonchev–Trinajstić information content (AvgIpc) is 2.53. The standard InChI is InChI=1S/C16H13FN2O4/c17-13-2-1-3-14(8-13)23-10-15(20)19-18-9-11-4-6-12(7-5-11)16(21)22/h1-9H,10H2,(H,19,20)(H,21,22)/p-1/b18-9-. The van der Waals surface area contributed by atoms with Gasteiger partial charge in [-0.2, -0.15) is 5.10 Å². The monoisotopic (exact) mass is 315 g/mol. The summed E-state index contributed by atoms with van der Waals surface area (Å²) in [6.07, 6.45) is 1.35. The second kappa shape index (κ2) is 7.69. The first kappa shape index (κ1) is 16.2. The highest BCUT2D eigenvalue weighted by Crippen LogP contribution is 2.11. The summed E-state index contributed by atoms with van der Waals surface area (Å²) in [7, 11) is 0. The molecule has 118 valence electrons. The minimum absolute atomic E-state index is 0.0506. The minimum Gasteiger partial charge on any atom is -0.545 e. The van der Waals surface area contributed by atoms with E-state index in [0.717, 1.165) is 6.07 Å². The van der Waals surface area contributed by atoms with Crippen molar-refractivity contribution >= 4 is 18.1 Å². The molecule has 0 heterocycles. The van der Waals surface area contributed by atoms with E-state index in [9.17, 15) is 19.1 Å². The van der Waals surface area contributed by atoms with Crippen LogP contribution in [-0.4, -0.2) is 24.7 Å². The molecule has 6 nitrogen and oxygen atoms in total. The third kappa shape index (κ3) is 5.24. The number of hydrazone groups is 1. The molecule has 0 saturated heterocycles. The molecule has 0 aromatic heterocycles. The second-order valence-electron chi connectivity index (χ2n) is 4.45. The lowest BCUT2D eigenvalue weighted by Gasteiger charge is -2.04. The number of ether oxygens (including phenoxy) is 1. The molecule has 0 atom stereocenters. The van der Waals surface area contributed by atoms with Gasteiger partial charge in [0.15, 0.2) is 6.61 Å². The predicted molar refractivity (Wildman–Crippen MR) is 78.4 cm³/mol. The number of carboxylic acids is 1. The number of carbonyl (C=O) groups excluding carboxylic acids is 2. The van der Waals surface area contributed by atoms with Gasteiger partial charge in [0.1, 0.15) is 11.6 Å². The van der Waals surface area contributed by atoms with Crippen molar-refractivity contribution in [3.8, 4) is 5.75 Å². The van der Waals surface area contributed by atoms with E-state index in [-0.39, 0.29) is 17.9 Å². The summed E-state index contributed by atoms with van der Waals surface area (Å²) >= 11 is 0. The number of carbonyl (C=O) groups is 2. The molecule has 23 heavy (non-hydrogen) atoms. The summed E-state index contributed by atoms with van der Waals surface area (Å²) in [5.74, 6) is -2.00. The first-order valence-electron chi connectivity index (χ1n) is 6.56. The zero-order chi connectivity index (χ0) is 16.7. The third-order valence-electron chi connectivity index (χ3n) is 2.72. The number of hydrogen-bond acceptors (Lipinski definition) is 5. The average molecular weight is 315 g/mol. The van der Waals surface area contributed by atoms with Crippen LogP contribution in [0.3, 0.4) is 0 Å². The van der Waals surface area contributed by atoms with Crippen LogP contribution in [0.5, 0.6) is 5.75 Å². The molecule has 7 heteroatoms. The fourth-order valence-corrected chi connectivity index (χ4v) is 1.62. The Bertz CT molecular complexity index is 729. The van der Waals surface area contributed by atoms with Crippen LogP contribution in [0.25, 0.3) is 0 Å². The van der Waals surface area contributed by atoms with Crippen molar-refractivity contribution in [2.24, 2.45) is 5.10 Å². The van der Waals surface area contributed by atoms with Crippen LogP contribution in [0.2, 0.25) is 0 Å². The molecule has 0 radical (unpaired) electrons. The first-order valence-corrected chi connectivity index (χ1v) is 6.56. The van der Waals surface area contributed by atoms with Crippen LogP contribution in [0, 0.1) is 5.82 Å². The zero-order valence-electron chi connectivity index (χ0n) is 11.9. The molecular weight excluding hydrogens is 303 g/mol. The van der Waals surface area contributed by atoms with Gasteiger partial charge >= 0.3 is 0 Å². The highest BCUT2D eigenvalue weighted by Gasteiger charge is 2.02. The van der Waals surface area contributed by atoms with E-state index in [1.54, 1.807) is 0 Å². The molecule has 0 aliphatic heterocycles. The van der Waals surface area contributed by atoms with Crippen molar-refractivity contribution in [3.63, 3.8) is 0 Å². The maximum Gasteiger partial charge on any atom is 0.277 e. The number of benzene rings is 2. The van der Waals surface area contributed by atoms with Gasteiger partial charge in [0.2, 0.25) is 0 Å². The molecule has 1 N–H and O–H groups in total. The quantitative estimate of drug-likeness (QED) is 0.628. The van der Waals surface area contributed by atoms with E-state index in [0.29, 0.717) is 5.56 Å². The molecule has 2 aromatic rings. The molecule has 0 bridgehead atoms. The van der Waals surface area contributed by atoms with Crippen LogP contribution < -0.4 is 15.3 Å². The Hall–Kier alpha value is -3.22. The number of nitrogens with zero attached hydrogens (tertiary/aromatic N) is 1. The molecule has 2 aromatic carbocycles. The normalized spacial score (nSPS) is 10.5. The maximum atomic E-state index is 12.9. The topological polar surface area (TPSA) is 90.8 Å². The summed E-state index contributed by atoms with van der Waals surface area (Å²) in [6, 6.07) is 11.2.